The largest absolute Gasteiger partial charge is 0.454 e. The summed E-state index contributed by atoms with van der Waals surface area (Å²) < 4.78 is 21.8. The van der Waals surface area contributed by atoms with Crippen molar-refractivity contribution >= 4 is 11.7 Å². The van der Waals surface area contributed by atoms with Crippen LogP contribution in [0.25, 0.3) is 0 Å². The fourth-order valence-electron chi connectivity index (χ4n) is 4.70. The van der Waals surface area contributed by atoms with Gasteiger partial charge < -0.3 is 23.8 Å². The van der Waals surface area contributed by atoms with Gasteiger partial charge in [0.25, 0.3) is 5.91 Å². The van der Waals surface area contributed by atoms with Crippen molar-refractivity contribution in [3.8, 4) is 23.0 Å². The van der Waals surface area contributed by atoms with Crippen molar-refractivity contribution in [3.63, 3.8) is 0 Å². The van der Waals surface area contributed by atoms with Crippen molar-refractivity contribution in [1.29, 1.82) is 0 Å². The Kier molecular flexibility index (Phi) is 2.61. The van der Waals surface area contributed by atoms with Gasteiger partial charge in [-0.3, -0.25) is 9.59 Å². The third kappa shape index (κ3) is 1.63. The van der Waals surface area contributed by atoms with Crippen LogP contribution in [-0.2, 0) is 12.0 Å². The van der Waals surface area contributed by atoms with Crippen LogP contribution in [0.5, 0.6) is 23.0 Å². The highest BCUT2D eigenvalue weighted by Gasteiger charge is 2.56. The number of ketones is 1. The van der Waals surface area contributed by atoms with E-state index in [9.17, 15) is 9.59 Å². The minimum absolute atomic E-state index is 0.0500. The Balaban J connectivity index is 1.59. The average molecular weight is 365 g/mol. The van der Waals surface area contributed by atoms with Crippen molar-refractivity contribution in [2.45, 2.75) is 18.4 Å². The summed E-state index contributed by atoms with van der Waals surface area (Å²) >= 11 is 0. The number of carbonyl (C=O) groups excluding carboxylic acids is 2. The number of amides is 1. The van der Waals surface area contributed by atoms with Crippen molar-refractivity contribution in [2.75, 3.05) is 20.6 Å². The van der Waals surface area contributed by atoms with Gasteiger partial charge in [0.15, 0.2) is 28.8 Å². The van der Waals surface area contributed by atoms with Crippen molar-refractivity contribution < 1.29 is 28.5 Å². The number of nitrogens with zero attached hydrogens (tertiary/aromatic N) is 1. The fraction of sp³-hybridized carbons (Fsp3) is 0.300. The van der Waals surface area contributed by atoms with E-state index in [4.69, 9.17) is 18.9 Å². The molecule has 0 radical (unpaired) electrons. The van der Waals surface area contributed by atoms with Crippen LogP contribution in [0.3, 0.4) is 0 Å². The predicted octanol–water partition coefficient (Wildman–Crippen LogP) is 2.25. The van der Waals surface area contributed by atoms with Crippen LogP contribution in [-0.4, -0.2) is 37.2 Å². The van der Waals surface area contributed by atoms with Crippen LogP contribution in [0.15, 0.2) is 24.3 Å². The molecule has 2 aromatic carbocycles. The summed E-state index contributed by atoms with van der Waals surface area (Å²) in [4.78, 5) is 28.6. The minimum Gasteiger partial charge on any atom is -0.454 e. The molecule has 1 spiro atoms. The lowest BCUT2D eigenvalue weighted by Gasteiger charge is -2.42. The zero-order valence-electron chi connectivity index (χ0n) is 14.5. The van der Waals surface area contributed by atoms with Crippen LogP contribution in [0.2, 0.25) is 0 Å². The van der Waals surface area contributed by atoms with E-state index >= 15 is 0 Å². The number of hydrogen-bond donors (Lipinski definition) is 0. The molecule has 3 aliphatic heterocycles. The number of Topliss-reactive ketones (excluding diaryl/α,β-unsaturated/α-hetero) is 1. The molecule has 4 aliphatic rings. The Labute approximate surface area is 154 Å². The van der Waals surface area contributed by atoms with Crippen molar-refractivity contribution in [1.82, 2.24) is 4.90 Å². The minimum atomic E-state index is -1.03. The monoisotopic (exact) mass is 365 g/mol. The van der Waals surface area contributed by atoms with Gasteiger partial charge in [-0.25, -0.2) is 0 Å². The van der Waals surface area contributed by atoms with E-state index in [1.165, 1.54) is 0 Å². The van der Waals surface area contributed by atoms with Gasteiger partial charge in [0, 0.05) is 12.6 Å². The Morgan fingerprint density at radius 3 is 2.56 bits per heavy atom. The third-order valence-corrected chi connectivity index (χ3v) is 6.05. The summed E-state index contributed by atoms with van der Waals surface area (Å²) in [5.74, 6) is 1.81. The Morgan fingerprint density at radius 1 is 0.963 bits per heavy atom. The first-order valence-electron chi connectivity index (χ1n) is 8.80. The Hall–Kier alpha value is -3.22. The maximum Gasteiger partial charge on any atom is 0.259 e. The Morgan fingerprint density at radius 2 is 1.70 bits per heavy atom. The highest BCUT2D eigenvalue weighted by Crippen LogP contribution is 2.52. The van der Waals surface area contributed by atoms with Gasteiger partial charge in [-0.05, 0) is 48.2 Å². The first kappa shape index (κ1) is 14.9. The van der Waals surface area contributed by atoms with E-state index in [2.05, 4.69) is 0 Å². The molecule has 0 saturated heterocycles. The van der Waals surface area contributed by atoms with Crippen LogP contribution in [0.1, 0.15) is 38.3 Å². The molecule has 1 amide bonds. The van der Waals surface area contributed by atoms with Gasteiger partial charge in [-0.15, -0.1) is 0 Å². The van der Waals surface area contributed by atoms with Gasteiger partial charge in [0.05, 0.1) is 5.56 Å². The molecule has 3 heterocycles. The number of benzene rings is 2. The number of likely N-dealkylation sites (N-methyl/N-ethyl adjacent to an activating group) is 1. The maximum atomic E-state index is 13.7. The molecule has 136 valence electrons. The molecule has 27 heavy (non-hydrogen) atoms. The van der Waals surface area contributed by atoms with Crippen LogP contribution >= 0.6 is 0 Å². The number of carbonyl (C=O) groups is 2. The number of aryl methyl sites for hydroxylation is 1. The number of hydrogen-bond acceptors (Lipinski definition) is 6. The summed E-state index contributed by atoms with van der Waals surface area (Å²) in [5, 5.41) is 0. The molecule has 7 heteroatoms. The second-order valence-electron chi connectivity index (χ2n) is 7.14. The lowest BCUT2D eigenvalue weighted by atomic mass is 9.77. The lowest BCUT2D eigenvalue weighted by molar-refractivity contribution is 0.0424. The van der Waals surface area contributed by atoms with Crippen LogP contribution < -0.4 is 18.9 Å². The van der Waals surface area contributed by atoms with Crippen molar-refractivity contribution in [2.24, 2.45) is 0 Å². The number of fused-ring (bicyclic) bond motifs is 6. The topological polar surface area (TPSA) is 74.3 Å². The zero-order chi connectivity index (χ0) is 18.3. The molecule has 0 aromatic heterocycles. The molecule has 0 N–H and O–H groups in total. The molecule has 0 unspecified atom stereocenters. The van der Waals surface area contributed by atoms with Crippen LogP contribution in [0, 0.1) is 0 Å². The summed E-state index contributed by atoms with van der Waals surface area (Å²) in [6.45, 7) is 0.217. The molecule has 7 nitrogen and oxygen atoms in total. The van der Waals surface area contributed by atoms with Crippen LogP contribution in [0.4, 0.5) is 0 Å². The molecule has 0 fully saturated rings. The highest BCUT2D eigenvalue weighted by atomic mass is 16.7. The number of rotatable bonds is 0. The predicted molar refractivity (Wildman–Crippen MR) is 91.6 cm³/mol. The molecule has 2 aromatic rings. The first-order valence-corrected chi connectivity index (χ1v) is 8.80. The first-order chi connectivity index (χ1) is 13.1. The van der Waals surface area contributed by atoms with E-state index < -0.39 is 5.54 Å². The zero-order valence-corrected chi connectivity index (χ0v) is 14.5. The molecular formula is C20H15NO6. The second kappa shape index (κ2) is 4.73. The van der Waals surface area contributed by atoms with Gasteiger partial charge in [-0.2, -0.15) is 0 Å². The Bertz CT molecular complexity index is 1060. The molecular weight excluding hydrogens is 350 g/mol. The average Bonchev–Trinajstić information content (AvgIpc) is 3.40. The fourth-order valence-corrected chi connectivity index (χ4v) is 4.70. The van der Waals surface area contributed by atoms with E-state index in [0.717, 1.165) is 11.1 Å². The van der Waals surface area contributed by atoms with Gasteiger partial charge in [0.2, 0.25) is 13.6 Å². The van der Waals surface area contributed by atoms with E-state index in [1.807, 2.05) is 12.1 Å². The van der Waals surface area contributed by atoms with Gasteiger partial charge in [-0.1, -0.05) is 0 Å². The molecule has 0 saturated carbocycles. The molecule has 0 bridgehead atoms. The second-order valence-corrected chi connectivity index (χ2v) is 7.14. The van der Waals surface area contributed by atoms with E-state index in [0.29, 0.717) is 41.4 Å². The van der Waals surface area contributed by atoms with Gasteiger partial charge in [0.1, 0.15) is 5.54 Å². The number of ether oxygens (including phenoxy) is 4. The summed E-state index contributed by atoms with van der Waals surface area (Å²) in [6, 6.07) is 7.14. The SMILES string of the molecule is CN1C(=O)c2c(ccc3c2OCO3)C(=O)[C@@]12CCc1cc3c(cc12)OCO3. The van der Waals surface area contributed by atoms with E-state index in [1.54, 1.807) is 24.1 Å². The smallest absolute Gasteiger partial charge is 0.259 e. The lowest BCUT2D eigenvalue weighted by Crippen LogP contribution is -2.55. The maximum absolute atomic E-state index is 13.7. The summed E-state index contributed by atoms with van der Waals surface area (Å²) in [5.41, 5.74) is 1.46. The molecule has 6 rings (SSSR count). The normalized spacial score (nSPS) is 23.8. The third-order valence-electron chi connectivity index (χ3n) is 6.05. The van der Waals surface area contributed by atoms with Gasteiger partial charge >= 0.3 is 0 Å². The van der Waals surface area contributed by atoms with E-state index in [-0.39, 0.29) is 30.8 Å². The van der Waals surface area contributed by atoms with Crippen molar-refractivity contribution in [3.05, 3.63) is 46.5 Å². The highest BCUT2D eigenvalue weighted by molar-refractivity contribution is 6.19. The standard InChI is InChI=1S/C20H15NO6/c1-21-19(23)16-11(2-3-13-17(16)27-9-24-13)18(22)20(21)5-4-10-6-14-15(7-12(10)20)26-8-25-14/h2-3,6-7H,4-5,8-9H2,1H3/t20-/m0/s1. The summed E-state index contributed by atoms with van der Waals surface area (Å²) in [7, 11) is 1.68. The molecule has 1 aliphatic carbocycles. The quantitative estimate of drug-likeness (QED) is 0.713. The molecule has 1 atom stereocenters. The summed E-state index contributed by atoms with van der Waals surface area (Å²) in [6.07, 6.45) is 1.22.